The lowest BCUT2D eigenvalue weighted by Crippen LogP contribution is -1.86. The second kappa shape index (κ2) is 12.8. The smallest absolute Gasteiger partial charge is 0.150 e. The van der Waals surface area contributed by atoms with E-state index in [2.05, 4.69) is 45.2 Å². The maximum atomic E-state index is 10.3. The van der Waals surface area contributed by atoms with E-state index in [9.17, 15) is 4.79 Å². The molecular weight excluding hydrogens is 439 g/mol. The minimum atomic E-state index is 0.124. The van der Waals surface area contributed by atoms with Crippen molar-refractivity contribution in [1.29, 1.82) is 0 Å². The van der Waals surface area contributed by atoms with Crippen molar-refractivity contribution in [3.05, 3.63) is 67.6 Å². The van der Waals surface area contributed by atoms with Crippen LogP contribution in [0.2, 0.25) is 0 Å². The Hall–Kier alpha value is -0.540. The summed E-state index contributed by atoms with van der Waals surface area (Å²) in [6.07, 6.45) is 0.863. The Labute approximate surface area is 157 Å². The van der Waals surface area contributed by atoms with Crippen LogP contribution in [-0.4, -0.2) is 24.7 Å². The molecule has 0 saturated carbocycles. The fourth-order valence-electron chi connectivity index (χ4n) is 1.61. The van der Waals surface area contributed by atoms with E-state index in [4.69, 9.17) is 5.11 Å². The number of benzene rings is 2. The van der Waals surface area contributed by atoms with Gasteiger partial charge >= 0.3 is 0 Å². The average Bonchev–Trinajstić information content (AvgIpc) is 2.49. The van der Waals surface area contributed by atoms with E-state index in [1.54, 1.807) is 6.07 Å². The Kier molecular flexibility index (Phi) is 12.5. The van der Waals surface area contributed by atoms with Gasteiger partial charge < -0.3 is 5.11 Å². The molecule has 0 amide bonds. The third-order valence-corrected chi connectivity index (χ3v) is 3.82. The van der Waals surface area contributed by atoms with E-state index < -0.39 is 0 Å². The average molecular weight is 462 g/mol. The number of halogens is 2. The van der Waals surface area contributed by atoms with Crippen LogP contribution in [0.1, 0.15) is 27.0 Å². The molecule has 0 bridgehead atoms. The van der Waals surface area contributed by atoms with Crippen LogP contribution >= 0.6 is 40.4 Å². The summed E-state index contributed by atoms with van der Waals surface area (Å²) in [6, 6.07) is 11.4. The summed E-state index contributed by atoms with van der Waals surface area (Å²) in [7, 11) is 1.08. The number of hydrogen-bond acceptors (Lipinski definition) is 2. The molecule has 126 valence electrons. The largest absolute Gasteiger partial charge is 0.392 e. The number of aliphatic hydroxyl groups is 1. The van der Waals surface area contributed by atoms with Gasteiger partial charge in [0.05, 0.1) is 6.61 Å². The van der Waals surface area contributed by atoms with Gasteiger partial charge in [-0.15, -0.1) is 8.58 Å². The van der Waals surface area contributed by atoms with Gasteiger partial charge in [0.1, 0.15) is 6.29 Å². The van der Waals surface area contributed by atoms with Gasteiger partial charge in [-0.05, 0) is 68.1 Å². The summed E-state index contributed by atoms with van der Waals surface area (Å²) in [5, 5.41) is 8.79. The van der Waals surface area contributed by atoms with Crippen LogP contribution in [0.15, 0.2) is 45.3 Å². The first-order chi connectivity index (χ1) is 10.9. The molecule has 0 aliphatic heterocycles. The van der Waals surface area contributed by atoms with E-state index in [0.717, 1.165) is 46.1 Å². The third kappa shape index (κ3) is 9.36. The highest BCUT2D eigenvalue weighted by atomic mass is 79.9. The molecule has 2 aromatic carbocycles. The zero-order valence-electron chi connectivity index (χ0n) is 13.9. The van der Waals surface area contributed by atoms with Gasteiger partial charge in [-0.3, -0.25) is 4.79 Å². The van der Waals surface area contributed by atoms with Gasteiger partial charge in [-0.25, -0.2) is 0 Å². The lowest BCUT2D eigenvalue weighted by atomic mass is 10.1. The lowest BCUT2D eigenvalue weighted by molar-refractivity contribution is 0.112. The standard InChI is InChI=1S/C8H9BrO.C8H7BrO.C2H7P/c2*1-6-4-8(9)3-2-7(6)5-10;1-3-2/h2-4,10H,5H2,1H3;2-5H,1H3;3H,1-2H3. The summed E-state index contributed by atoms with van der Waals surface area (Å²) in [6.45, 7) is 8.32. The summed E-state index contributed by atoms with van der Waals surface area (Å²) in [5.74, 6) is 0. The number of carbonyl (C=O) groups is 1. The molecule has 0 spiro atoms. The summed E-state index contributed by atoms with van der Waals surface area (Å²) in [4.78, 5) is 10.3. The highest BCUT2D eigenvalue weighted by Gasteiger charge is 1.95. The normalized spacial score (nSPS) is 9.17. The van der Waals surface area contributed by atoms with Crippen molar-refractivity contribution >= 4 is 46.7 Å². The zero-order chi connectivity index (χ0) is 17.8. The van der Waals surface area contributed by atoms with Crippen LogP contribution in [0.4, 0.5) is 0 Å². The molecule has 5 heteroatoms. The van der Waals surface area contributed by atoms with Gasteiger partial charge in [0.2, 0.25) is 0 Å². The Balaban J connectivity index is 0.000000360. The molecule has 0 radical (unpaired) electrons. The van der Waals surface area contributed by atoms with E-state index in [1.165, 1.54) is 0 Å². The van der Waals surface area contributed by atoms with Gasteiger partial charge in [0.25, 0.3) is 0 Å². The SMILES string of the molecule is CPC.Cc1cc(Br)ccc1C=O.Cc1cc(Br)ccc1CO. The van der Waals surface area contributed by atoms with Crippen molar-refractivity contribution in [3.63, 3.8) is 0 Å². The molecule has 0 atom stereocenters. The van der Waals surface area contributed by atoms with Crippen LogP contribution in [0.5, 0.6) is 0 Å². The quantitative estimate of drug-likeness (QED) is 0.457. The van der Waals surface area contributed by atoms with Crippen molar-refractivity contribution < 1.29 is 9.90 Å². The summed E-state index contributed by atoms with van der Waals surface area (Å²) < 4.78 is 2.07. The van der Waals surface area contributed by atoms with Crippen molar-refractivity contribution in [2.45, 2.75) is 20.5 Å². The first kappa shape index (κ1) is 22.5. The second-order valence-corrected chi connectivity index (χ2v) is 7.68. The van der Waals surface area contributed by atoms with Gasteiger partial charge in [-0.2, -0.15) is 0 Å². The van der Waals surface area contributed by atoms with Crippen LogP contribution in [0.25, 0.3) is 0 Å². The van der Waals surface area contributed by atoms with Gasteiger partial charge in [0, 0.05) is 14.5 Å². The first-order valence-electron chi connectivity index (χ1n) is 7.05. The van der Waals surface area contributed by atoms with E-state index >= 15 is 0 Å². The third-order valence-electron chi connectivity index (χ3n) is 2.83. The maximum Gasteiger partial charge on any atom is 0.150 e. The Morgan fingerprint density at radius 2 is 1.48 bits per heavy atom. The minimum Gasteiger partial charge on any atom is -0.392 e. The number of rotatable bonds is 2. The summed E-state index contributed by atoms with van der Waals surface area (Å²) >= 11 is 6.65. The molecule has 0 aromatic heterocycles. The van der Waals surface area contributed by atoms with Crippen LogP contribution in [-0.2, 0) is 6.61 Å². The number of aliphatic hydroxyl groups excluding tert-OH is 1. The molecule has 0 heterocycles. The molecule has 0 fully saturated rings. The van der Waals surface area contributed by atoms with Crippen molar-refractivity contribution in [2.24, 2.45) is 0 Å². The van der Waals surface area contributed by atoms with Crippen molar-refractivity contribution in [1.82, 2.24) is 0 Å². The molecular formula is C18H23Br2O2P. The predicted octanol–water partition coefficient (Wildman–Crippen LogP) is 5.74. The monoisotopic (exact) mass is 460 g/mol. The first-order valence-corrected chi connectivity index (χ1v) is 10.6. The Morgan fingerprint density at radius 1 is 1.00 bits per heavy atom. The fraction of sp³-hybridized carbons (Fsp3) is 0.278. The van der Waals surface area contributed by atoms with E-state index in [0.29, 0.717) is 0 Å². The van der Waals surface area contributed by atoms with Gasteiger partial charge in [0.15, 0.2) is 0 Å². The Morgan fingerprint density at radius 3 is 1.87 bits per heavy atom. The van der Waals surface area contributed by atoms with Crippen LogP contribution in [0.3, 0.4) is 0 Å². The second-order valence-electron chi connectivity index (χ2n) is 4.85. The number of carbonyl (C=O) groups excluding carboxylic acids is 1. The molecule has 0 unspecified atom stereocenters. The molecule has 23 heavy (non-hydrogen) atoms. The fourth-order valence-corrected chi connectivity index (χ4v) is 2.56. The van der Waals surface area contributed by atoms with Crippen molar-refractivity contribution in [2.75, 3.05) is 13.3 Å². The lowest BCUT2D eigenvalue weighted by Gasteiger charge is -2.00. The number of aldehydes is 1. The maximum absolute atomic E-state index is 10.3. The topological polar surface area (TPSA) is 37.3 Å². The molecule has 0 aliphatic carbocycles. The van der Waals surface area contributed by atoms with Crippen LogP contribution in [0, 0.1) is 13.8 Å². The minimum absolute atomic E-state index is 0.124. The summed E-state index contributed by atoms with van der Waals surface area (Å²) in [5.41, 5.74) is 3.87. The Bertz CT molecular complexity index is 616. The molecule has 2 rings (SSSR count). The van der Waals surface area contributed by atoms with Crippen molar-refractivity contribution in [3.8, 4) is 0 Å². The van der Waals surface area contributed by atoms with Gasteiger partial charge in [-0.1, -0.05) is 44.0 Å². The predicted molar refractivity (Wildman–Crippen MR) is 109 cm³/mol. The van der Waals surface area contributed by atoms with Crippen LogP contribution < -0.4 is 0 Å². The molecule has 0 saturated heterocycles. The molecule has 2 aromatic rings. The highest BCUT2D eigenvalue weighted by molar-refractivity contribution is 9.10. The van der Waals surface area contributed by atoms with E-state index in [1.807, 2.05) is 44.2 Å². The van der Waals surface area contributed by atoms with E-state index in [-0.39, 0.29) is 6.61 Å². The highest BCUT2D eigenvalue weighted by Crippen LogP contribution is 2.15. The molecule has 1 N–H and O–H groups in total. The molecule has 2 nitrogen and oxygen atoms in total. The molecule has 0 aliphatic rings. The zero-order valence-corrected chi connectivity index (χ0v) is 18.0. The number of aryl methyl sites for hydroxylation is 2. The number of hydrogen-bond donors (Lipinski definition) is 1.